The van der Waals surface area contributed by atoms with Crippen molar-refractivity contribution in [2.45, 2.75) is 6.54 Å². The fourth-order valence-corrected chi connectivity index (χ4v) is 2.34. The van der Waals surface area contributed by atoms with Gasteiger partial charge in [0.05, 0.1) is 17.2 Å². The molecule has 0 fully saturated rings. The maximum Gasteiger partial charge on any atom is 0.120 e. The first-order chi connectivity index (χ1) is 9.11. The van der Waals surface area contributed by atoms with E-state index in [0.717, 1.165) is 17.0 Å². The first-order valence-electron chi connectivity index (χ1n) is 5.62. The van der Waals surface area contributed by atoms with Crippen LogP contribution in [0.5, 0.6) is 5.75 Å². The molecule has 0 atom stereocenters. The molecule has 0 radical (unpaired) electrons. The number of methoxy groups -OCH3 is 1. The molecule has 0 saturated carbocycles. The van der Waals surface area contributed by atoms with Crippen molar-refractivity contribution < 1.29 is 4.74 Å². The lowest BCUT2D eigenvalue weighted by molar-refractivity contribution is 0.415. The largest absolute Gasteiger partial charge is 0.497 e. The number of halogens is 3. The van der Waals surface area contributed by atoms with E-state index in [-0.39, 0.29) is 0 Å². The highest BCUT2D eigenvalue weighted by molar-refractivity contribution is 6.44. The van der Waals surface area contributed by atoms with Gasteiger partial charge in [-0.05, 0) is 24.3 Å². The number of hydrogen-bond acceptors (Lipinski definition) is 2. The van der Waals surface area contributed by atoms with Gasteiger partial charge in [0.1, 0.15) is 5.75 Å². The Hall–Kier alpha value is -1.09. The molecule has 5 heteroatoms. The van der Waals surface area contributed by atoms with Gasteiger partial charge in [-0.25, -0.2) is 0 Å². The summed E-state index contributed by atoms with van der Waals surface area (Å²) in [7, 11) is 1.63. The number of benzene rings is 2. The second kappa shape index (κ2) is 6.38. The van der Waals surface area contributed by atoms with E-state index in [1.54, 1.807) is 19.2 Å². The van der Waals surface area contributed by atoms with Crippen molar-refractivity contribution in [3.8, 4) is 5.75 Å². The summed E-state index contributed by atoms with van der Waals surface area (Å²) in [5.74, 6) is 0.785. The number of rotatable bonds is 4. The Morgan fingerprint density at radius 1 is 1.05 bits per heavy atom. The van der Waals surface area contributed by atoms with Crippen LogP contribution in [0, 0.1) is 0 Å². The molecule has 0 aliphatic heterocycles. The van der Waals surface area contributed by atoms with Crippen LogP contribution in [0.2, 0.25) is 15.1 Å². The quantitative estimate of drug-likeness (QED) is 0.776. The molecule has 100 valence electrons. The van der Waals surface area contributed by atoms with Gasteiger partial charge in [-0.3, -0.25) is 0 Å². The highest BCUT2D eigenvalue weighted by Gasteiger charge is 2.09. The average Bonchev–Trinajstić information content (AvgIpc) is 2.43. The molecule has 0 saturated heterocycles. The van der Waals surface area contributed by atoms with E-state index < -0.39 is 0 Å². The Labute approximate surface area is 127 Å². The minimum atomic E-state index is 0.476. The maximum absolute atomic E-state index is 6.14. The standard InChI is InChI=1S/C14H12Cl3NO/c1-19-10-4-2-3-9(7-10)18-8-11-12(15)5-6-13(16)14(11)17/h2-7,18H,8H2,1H3. The van der Waals surface area contributed by atoms with Gasteiger partial charge in [-0.1, -0.05) is 40.9 Å². The molecule has 2 aromatic rings. The number of anilines is 1. The summed E-state index contributed by atoms with van der Waals surface area (Å²) < 4.78 is 5.16. The zero-order valence-electron chi connectivity index (χ0n) is 10.2. The summed E-state index contributed by atoms with van der Waals surface area (Å²) >= 11 is 18.2. The maximum atomic E-state index is 6.14. The summed E-state index contributed by atoms with van der Waals surface area (Å²) in [6.45, 7) is 0.491. The third-order valence-corrected chi connectivity index (χ3v) is 3.88. The summed E-state index contributed by atoms with van der Waals surface area (Å²) in [6.07, 6.45) is 0. The van der Waals surface area contributed by atoms with Crippen LogP contribution in [-0.2, 0) is 6.54 Å². The van der Waals surface area contributed by atoms with Gasteiger partial charge in [0, 0.05) is 28.9 Å². The van der Waals surface area contributed by atoms with Crippen LogP contribution in [0.25, 0.3) is 0 Å². The fourth-order valence-electron chi connectivity index (χ4n) is 1.65. The second-order valence-electron chi connectivity index (χ2n) is 3.91. The molecule has 1 N–H and O–H groups in total. The lowest BCUT2D eigenvalue weighted by atomic mass is 10.2. The van der Waals surface area contributed by atoms with Crippen molar-refractivity contribution in [3.05, 3.63) is 57.0 Å². The first kappa shape index (κ1) is 14.3. The molecular weight excluding hydrogens is 305 g/mol. The lowest BCUT2D eigenvalue weighted by Gasteiger charge is -2.11. The van der Waals surface area contributed by atoms with Crippen molar-refractivity contribution in [1.29, 1.82) is 0 Å². The normalized spacial score (nSPS) is 10.3. The molecule has 2 nitrogen and oxygen atoms in total. The summed E-state index contributed by atoms with van der Waals surface area (Å²) in [6, 6.07) is 11.0. The molecule has 0 amide bonds. The smallest absolute Gasteiger partial charge is 0.120 e. The Kier molecular flexibility index (Phi) is 4.81. The van der Waals surface area contributed by atoms with Crippen LogP contribution in [0.15, 0.2) is 36.4 Å². The van der Waals surface area contributed by atoms with E-state index in [0.29, 0.717) is 21.6 Å². The lowest BCUT2D eigenvalue weighted by Crippen LogP contribution is -2.01. The van der Waals surface area contributed by atoms with Crippen LogP contribution < -0.4 is 10.1 Å². The van der Waals surface area contributed by atoms with E-state index in [1.807, 2.05) is 24.3 Å². The van der Waals surface area contributed by atoms with E-state index in [2.05, 4.69) is 5.32 Å². The van der Waals surface area contributed by atoms with Crippen molar-refractivity contribution in [1.82, 2.24) is 0 Å². The predicted molar refractivity (Wildman–Crippen MR) is 81.8 cm³/mol. The molecule has 0 aromatic heterocycles. The zero-order chi connectivity index (χ0) is 13.8. The average molecular weight is 317 g/mol. The van der Waals surface area contributed by atoms with E-state index in [4.69, 9.17) is 39.5 Å². The summed E-state index contributed by atoms with van der Waals surface area (Å²) in [4.78, 5) is 0. The van der Waals surface area contributed by atoms with E-state index >= 15 is 0 Å². The topological polar surface area (TPSA) is 21.3 Å². The summed E-state index contributed by atoms with van der Waals surface area (Å²) in [5.41, 5.74) is 1.70. The minimum Gasteiger partial charge on any atom is -0.497 e. The molecule has 0 spiro atoms. The van der Waals surface area contributed by atoms with Crippen LogP contribution in [0.3, 0.4) is 0 Å². The van der Waals surface area contributed by atoms with Crippen LogP contribution in [0.1, 0.15) is 5.56 Å². The van der Waals surface area contributed by atoms with Gasteiger partial charge in [0.2, 0.25) is 0 Å². The molecule has 0 bridgehead atoms. The molecule has 0 aliphatic rings. The van der Waals surface area contributed by atoms with Crippen LogP contribution >= 0.6 is 34.8 Å². The van der Waals surface area contributed by atoms with Gasteiger partial charge in [0.25, 0.3) is 0 Å². The first-order valence-corrected chi connectivity index (χ1v) is 6.75. The van der Waals surface area contributed by atoms with Gasteiger partial charge >= 0.3 is 0 Å². The number of ether oxygens (including phenoxy) is 1. The monoisotopic (exact) mass is 315 g/mol. The Bertz CT molecular complexity index is 587. The van der Waals surface area contributed by atoms with Gasteiger partial charge < -0.3 is 10.1 Å². The van der Waals surface area contributed by atoms with Crippen molar-refractivity contribution in [2.75, 3.05) is 12.4 Å². The van der Waals surface area contributed by atoms with Gasteiger partial charge in [-0.2, -0.15) is 0 Å². The third kappa shape index (κ3) is 3.47. The molecular formula is C14H12Cl3NO. The van der Waals surface area contributed by atoms with Crippen molar-refractivity contribution in [2.24, 2.45) is 0 Å². The fraction of sp³-hybridized carbons (Fsp3) is 0.143. The number of hydrogen-bond donors (Lipinski definition) is 1. The molecule has 2 aromatic carbocycles. The van der Waals surface area contributed by atoms with Gasteiger partial charge in [0.15, 0.2) is 0 Å². The highest BCUT2D eigenvalue weighted by Crippen LogP contribution is 2.32. The molecule has 19 heavy (non-hydrogen) atoms. The molecule has 0 aliphatic carbocycles. The van der Waals surface area contributed by atoms with Gasteiger partial charge in [-0.15, -0.1) is 0 Å². The summed E-state index contributed by atoms with van der Waals surface area (Å²) in [5, 5.41) is 4.80. The van der Waals surface area contributed by atoms with Crippen LogP contribution in [-0.4, -0.2) is 7.11 Å². The molecule has 2 rings (SSSR count). The van der Waals surface area contributed by atoms with E-state index in [1.165, 1.54) is 0 Å². The second-order valence-corrected chi connectivity index (χ2v) is 5.10. The highest BCUT2D eigenvalue weighted by atomic mass is 35.5. The van der Waals surface area contributed by atoms with Crippen molar-refractivity contribution in [3.63, 3.8) is 0 Å². The van der Waals surface area contributed by atoms with Crippen molar-refractivity contribution >= 4 is 40.5 Å². The Balaban J connectivity index is 2.16. The van der Waals surface area contributed by atoms with Crippen LogP contribution in [0.4, 0.5) is 5.69 Å². The van der Waals surface area contributed by atoms with E-state index in [9.17, 15) is 0 Å². The molecule has 0 unspecified atom stereocenters. The number of nitrogens with one attached hydrogen (secondary N) is 1. The third-order valence-electron chi connectivity index (χ3n) is 2.68. The zero-order valence-corrected chi connectivity index (χ0v) is 12.5. The molecule has 0 heterocycles. The SMILES string of the molecule is COc1cccc(NCc2c(Cl)ccc(Cl)c2Cl)c1. The Morgan fingerprint density at radius 3 is 2.53 bits per heavy atom. The minimum absolute atomic E-state index is 0.476. The predicted octanol–water partition coefficient (Wildman–Crippen LogP) is 5.27. The Morgan fingerprint density at radius 2 is 1.79 bits per heavy atom.